The zero-order valence-electron chi connectivity index (χ0n) is 8.87. The fourth-order valence-corrected chi connectivity index (χ4v) is 1.07. The highest BCUT2D eigenvalue weighted by Crippen LogP contribution is 2.20. The maximum atomic E-state index is 12.8. The summed E-state index contributed by atoms with van der Waals surface area (Å²) in [4.78, 5) is 15.9. The minimum absolute atomic E-state index is 0.0509. The van der Waals surface area contributed by atoms with Crippen molar-refractivity contribution in [3.63, 3.8) is 0 Å². The Kier molecular flexibility index (Phi) is 4.52. The van der Waals surface area contributed by atoms with Crippen LogP contribution in [0, 0.1) is 5.82 Å². The van der Waals surface area contributed by atoms with E-state index in [0.717, 1.165) is 5.06 Å². The molecule has 1 aromatic rings. The standard InChI is InChI=1S/C10H11ClFNO3/c1-13(15-2)10(14)6-16-7-3-4-9(12)8(11)5-7/h3-5H,6H2,1-2H3. The van der Waals surface area contributed by atoms with Crippen molar-refractivity contribution in [1.82, 2.24) is 5.06 Å². The number of hydrogen-bond acceptors (Lipinski definition) is 3. The van der Waals surface area contributed by atoms with Crippen LogP contribution in [0.2, 0.25) is 5.02 Å². The van der Waals surface area contributed by atoms with E-state index in [4.69, 9.17) is 16.3 Å². The summed E-state index contributed by atoms with van der Waals surface area (Å²) >= 11 is 5.54. The van der Waals surface area contributed by atoms with Crippen LogP contribution in [-0.4, -0.2) is 31.7 Å². The summed E-state index contributed by atoms with van der Waals surface area (Å²) in [5.74, 6) is -0.568. The molecule has 0 saturated carbocycles. The van der Waals surface area contributed by atoms with Crippen LogP contribution < -0.4 is 4.74 Å². The quantitative estimate of drug-likeness (QED) is 0.763. The summed E-state index contributed by atoms with van der Waals surface area (Å²) in [7, 11) is 2.83. The van der Waals surface area contributed by atoms with Crippen LogP contribution in [0.15, 0.2) is 18.2 Å². The van der Waals surface area contributed by atoms with Crippen LogP contribution in [0.5, 0.6) is 5.75 Å². The highest BCUT2D eigenvalue weighted by atomic mass is 35.5. The van der Waals surface area contributed by atoms with Crippen LogP contribution in [0.25, 0.3) is 0 Å². The molecular formula is C10H11ClFNO3. The number of benzene rings is 1. The Balaban J connectivity index is 2.55. The third-order valence-corrected chi connectivity index (χ3v) is 2.17. The molecular weight excluding hydrogens is 237 g/mol. The Morgan fingerprint density at radius 2 is 2.25 bits per heavy atom. The summed E-state index contributed by atoms with van der Waals surface area (Å²) in [5, 5.41) is 0.982. The number of carbonyl (C=O) groups excluding carboxylic acids is 1. The van der Waals surface area contributed by atoms with Gasteiger partial charge in [-0.2, -0.15) is 0 Å². The van der Waals surface area contributed by atoms with E-state index >= 15 is 0 Å². The van der Waals surface area contributed by atoms with Gasteiger partial charge in [0, 0.05) is 13.1 Å². The first-order chi connectivity index (χ1) is 7.54. The molecule has 0 fully saturated rings. The summed E-state index contributed by atoms with van der Waals surface area (Å²) in [6, 6.07) is 3.86. The number of likely N-dealkylation sites (N-methyl/N-ethyl adjacent to an activating group) is 1. The van der Waals surface area contributed by atoms with Crippen molar-refractivity contribution in [1.29, 1.82) is 0 Å². The lowest BCUT2D eigenvalue weighted by Gasteiger charge is -2.14. The zero-order chi connectivity index (χ0) is 12.1. The van der Waals surface area contributed by atoms with E-state index in [0.29, 0.717) is 5.75 Å². The lowest BCUT2D eigenvalue weighted by molar-refractivity contribution is -0.170. The fourth-order valence-electron chi connectivity index (χ4n) is 0.904. The van der Waals surface area contributed by atoms with Crippen LogP contribution in [0.4, 0.5) is 4.39 Å². The van der Waals surface area contributed by atoms with Crippen LogP contribution >= 0.6 is 11.6 Å². The molecule has 0 spiro atoms. The van der Waals surface area contributed by atoms with E-state index in [-0.39, 0.29) is 17.5 Å². The van der Waals surface area contributed by atoms with Crippen molar-refractivity contribution >= 4 is 17.5 Å². The number of amides is 1. The van der Waals surface area contributed by atoms with Gasteiger partial charge < -0.3 is 4.74 Å². The molecule has 1 rings (SSSR count). The van der Waals surface area contributed by atoms with Gasteiger partial charge in [-0.15, -0.1) is 0 Å². The van der Waals surface area contributed by atoms with Crippen molar-refractivity contribution in [3.8, 4) is 5.75 Å². The molecule has 0 aromatic heterocycles. The predicted octanol–water partition coefficient (Wildman–Crippen LogP) is 1.88. The van der Waals surface area contributed by atoms with Gasteiger partial charge in [0.2, 0.25) is 0 Å². The lowest BCUT2D eigenvalue weighted by Crippen LogP contribution is -2.30. The molecule has 0 heterocycles. The van der Waals surface area contributed by atoms with Gasteiger partial charge in [0.25, 0.3) is 5.91 Å². The number of ether oxygens (including phenoxy) is 1. The van der Waals surface area contributed by atoms with Crippen LogP contribution in [0.1, 0.15) is 0 Å². The van der Waals surface area contributed by atoms with Crippen LogP contribution in [-0.2, 0) is 9.63 Å². The van der Waals surface area contributed by atoms with Gasteiger partial charge in [0.1, 0.15) is 11.6 Å². The van der Waals surface area contributed by atoms with Gasteiger partial charge in [-0.1, -0.05) is 11.6 Å². The second kappa shape index (κ2) is 5.67. The summed E-state index contributed by atoms with van der Waals surface area (Å²) < 4.78 is 17.9. The van der Waals surface area contributed by atoms with Crippen molar-refractivity contribution in [3.05, 3.63) is 29.0 Å². The summed E-state index contributed by atoms with van der Waals surface area (Å²) in [5.41, 5.74) is 0. The van der Waals surface area contributed by atoms with Gasteiger partial charge in [0.15, 0.2) is 6.61 Å². The molecule has 0 aliphatic rings. The SMILES string of the molecule is CON(C)C(=O)COc1ccc(F)c(Cl)c1. The van der Waals surface area contributed by atoms with E-state index < -0.39 is 5.82 Å². The molecule has 0 aliphatic carbocycles. The Bertz CT molecular complexity index is 386. The van der Waals surface area contributed by atoms with E-state index in [1.807, 2.05) is 0 Å². The molecule has 1 aromatic carbocycles. The normalized spacial score (nSPS) is 10.0. The van der Waals surface area contributed by atoms with Crippen molar-refractivity contribution in [2.24, 2.45) is 0 Å². The molecule has 4 nitrogen and oxygen atoms in total. The number of carbonyl (C=O) groups is 1. The summed E-state index contributed by atoms with van der Waals surface area (Å²) in [6.45, 7) is -0.202. The van der Waals surface area contributed by atoms with E-state index in [2.05, 4.69) is 4.84 Å². The molecule has 0 N–H and O–H groups in total. The minimum Gasteiger partial charge on any atom is -0.484 e. The minimum atomic E-state index is -0.533. The second-order valence-electron chi connectivity index (χ2n) is 2.94. The van der Waals surface area contributed by atoms with E-state index in [1.54, 1.807) is 0 Å². The molecule has 6 heteroatoms. The third-order valence-electron chi connectivity index (χ3n) is 1.88. The second-order valence-corrected chi connectivity index (χ2v) is 3.35. The molecule has 1 amide bonds. The Hall–Kier alpha value is -1.33. The van der Waals surface area contributed by atoms with Gasteiger partial charge >= 0.3 is 0 Å². The van der Waals surface area contributed by atoms with Gasteiger partial charge in [0.05, 0.1) is 12.1 Å². The highest BCUT2D eigenvalue weighted by molar-refractivity contribution is 6.30. The lowest BCUT2D eigenvalue weighted by atomic mass is 10.3. The van der Waals surface area contributed by atoms with Crippen molar-refractivity contribution in [2.45, 2.75) is 0 Å². The van der Waals surface area contributed by atoms with Gasteiger partial charge in [-0.25, -0.2) is 9.45 Å². The number of hydrogen-bond donors (Lipinski definition) is 0. The predicted molar refractivity (Wildman–Crippen MR) is 56.7 cm³/mol. The van der Waals surface area contributed by atoms with Gasteiger partial charge in [-0.3, -0.25) is 9.63 Å². The Morgan fingerprint density at radius 3 is 2.81 bits per heavy atom. The number of rotatable bonds is 4. The molecule has 0 aliphatic heterocycles. The van der Waals surface area contributed by atoms with E-state index in [9.17, 15) is 9.18 Å². The Morgan fingerprint density at radius 1 is 1.56 bits per heavy atom. The van der Waals surface area contributed by atoms with Crippen molar-refractivity contribution < 1.29 is 18.8 Å². The van der Waals surface area contributed by atoms with Crippen LogP contribution in [0.3, 0.4) is 0 Å². The third kappa shape index (κ3) is 3.36. The molecule has 0 saturated heterocycles. The monoisotopic (exact) mass is 247 g/mol. The maximum Gasteiger partial charge on any atom is 0.283 e. The molecule has 16 heavy (non-hydrogen) atoms. The first kappa shape index (κ1) is 12.7. The smallest absolute Gasteiger partial charge is 0.283 e. The summed E-state index contributed by atoms with van der Waals surface area (Å²) in [6.07, 6.45) is 0. The molecule has 0 bridgehead atoms. The average molecular weight is 248 g/mol. The first-order valence-corrected chi connectivity index (χ1v) is 4.81. The average Bonchev–Trinajstić information content (AvgIpc) is 2.29. The zero-order valence-corrected chi connectivity index (χ0v) is 9.62. The molecule has 0 radical (unpaired) electrons. The highest BCUT2D eigenvalue weighted by Gasteiger charge is 2.09. The fraction of sp³-hybridized carbons (Fsp3) is 0.300. The van der Waals surface area contributed by atoms with Crippen molar-refractivity contribution in [2.75, 3.05) is 20.8 Å². The largest absolute Gasteiger partial charge is 0.484 e. The van der Waals surface area contributed by atoms with E-state index in [1.165, 1.54) is 32.4 Å². The first-order valence-electron chi connectivity index (χ1n) is 4.43. The number of hydroxylamine groups is 2. The topological polar surface area (TPSA) is 38.8 Å². The molecule has 88 valence electrons. The molecule has 0 atom stereocenters. The molecule has 0 unspecified atom stereocenters. The van der Waals surface area contributed by atoms with Gasteiger partial charge in [-0.05, 0) is 12.1 Å². The maximum absolute atomic E-state index is 12.8. The number of halogens is 2. The Labute approximate surface area is 97.5 Å². The number of nitrogens with zero attached hydrogens (tertiary/aromatic N) is 1.